The topological polar surface area (TPSA) is 39.5 Å². The van der Waals surface area contributed by atoms with E-state index in [-0.39, 0.29) is 5.41 Å². The largest absolute Gasteiger partial charge is 0.493 e. The van der Waals surface area contributed by atoms with Gasteiger partial charge in [0.15, 0.2) is 0 Å². The monoisotopic (exact) mass is 439 g/mol. The van der Waals surface area contributed by atoms with Crippen molar-refractivity contribution in [3.63, 3.8) is 0 Å². The average molecular weight is 440 g/mol. The molecule has 5 nitrogen and oxygen atoms in total. The Bertz CT molecular complexity index is 1070. The minimum atomic E-state index is 0.131. The third kappa shape index (κ3) is 4.32. The molecule has 0 aliphatic carbocycles. The van der Waals surface area contributed by atoms with Crippen molar-refractivity contribution in [3.8, 4) is 5.75 Å². The second-order valence-electron chi connectivity index (χ2n) is 9.40. The molecule has 2 aliphatic heterocycles. The Morgan fingerprint density at radius 3 is 2.65 bits per heavy atom. The number of nitrogens with zero attached hydrogens (tertiary/aromatic N) is 3. The minimum Gasteiger partial charge on any atom is -0.493 e. The summed E-state index contributed by atoms with van der Waals surface area (Å²) in [6.45, 7) is 7.43. The van der Waals surface area contributed by atoms with E-state index < -0.39 is 0 Å². The molecule has 0 bridgehead atoms. The number of para-hydroxylation sites is 2. The highest BCUT2D eigenvalue weighted by Crippen LogP contribution is 2.37. The lowest BCUT2D eigenvalue weighted by Gasteiger charge is -2.38. The van der Waals surface area contributed by atoms with Crippen molar-refractivity contribution in [2.75, 3.05) is 32.9 Å². The van der Waals surface area contributed by atoms with Crippen LogP contribution in [0.1, 0.15) is 37.1 Å². The Kier molecular flexibility index (Phi) is 5.67. The van der Waals surface area contributed by atoms with Crippen molar-refractivity contribution < 1.29 is 9.47 Å². The van der Waals surface area contributed by atoms with Crippen molar-refractivity contribution >= 4 is 22.6 Å². The van der Waals surface area contributed by atoms with E-state index in [0.29, 0.717) is 12.5 Å². The molecule has 0 N–H and O–H groups in total. The van der Waals surface area contributed by atoms with Crippen LogP contribution in [0.25, 0.3) is 11.0 Å². The number of halogens is 1. The minimum absolute atomic E-state index is 0.131. The second-order valence-corrected chi connectivity index (χ2v) is 9.84. The van der Waals surface area contributed by atoms with Gasteiger partial charge in [0.05, 0.1) is 37.4 Å². The highest BCUT2D eigenvalue weighted by atomic mass is 35.5. The second kappa shape index (κ2) is 8.45. The summed E-state index contributed by atoms with van der Waals surface area (Å²) in [6.07, 6.45) is 2.20. The lowest BCUT2D eigenvalue weighted by Crippen LogP contribution is -2.44. The van der Waals surface area contributed by atoms with Crippen LogP contribution >= 0.6 is 11.6 Å². The number of imidazole rings is 1. The SMILES string of the molecule is Cn1c(CN2CCC(c3cc(Cl)ccc3OCC3(C)COC3)CC2)nc2ccccc21. The first-order valence-corrected chi connectivity index (χ1v) is 11.5. The van der Waals surface area contributed by atoms with Crippen LogP contribution in [0.5, 0.6) is 5.75 Å². The maximum absolute atomic E-state index is 6.36. The van der Waals surface area contributed by atoms with Crippen molar-refractivity contribution in [1.29, 1.82) is 0 Å². The Hall–Kier alpha value is -2.08. The van der Waals surface area contributed by atoms with E-state index in [1.807, 2.05) is 18.2 Å². The van der Waals surface area contributed by atoms with Gasteiger partial charge >= 0.3 is 0 Å². The molecular formula is C25H30ClN3O2. The number of aromatic nitrogens is 2. The fourth-order valence-electron chi connectivity index (χ4n) is 4.69. The number of benzene rings is 2. The molecule has 5 rings (SSSR count). The molecule has 164 valence electrons. The lowest BCUT2D eigenvalue weighted by molar-refractivity contribution is -0.120. The first-order valence-electron chi connectivity index (χ1n) is 11.1. The molecule has 2 aromatic carbocycles. The summed E-state index contributed by atoms with van der Waals surface area (Å²) in [5.74, 6) is 2.57. The molecule has 2 saturated heterocycles. The van der Waals surface area contributed by atoms with Crippen LogP contribution in [-0.4, -0.2) is 47.4 Å². The van der Waals surface area contributed by atoms with Crippen LogP contribution < -0.4 is 4.74 Å². The molecule has 1 aromatic heterocycles. The zero-order valence-corrected chi connectivity index (χ0v) is 19.1. The zero-order chi connectivity index (χ0) is 21.4. The van der Waals surface area contributed by atoms with Crippen LogP contribution in [0.2, 0.25) is 5.02 Å². The van der Waals surface area contributed by atoms with Crippen LogP contribution in [0, 0.1) is 5.41 Å². The van der Waals surface area contributed by atoms with Crippen molar-refractivity contribution in [2.24, 2.45) is 12.5 Å². The van der Waals surface area contributed by atoms with E-state index in [0.717, 1.165) is 67.8 Å². The number of likely N-dealkylation sites (tertiary alicyclic amines) is 1. The zero-order valence-electron chi connectivity index (χ0n) is 18.3. The fourth-order valence-corrected chi connectivity index (χ4v) is 4.88. The van der Waals surface area contributed by atoms with E-state index in [1.54, 1.807) is 0 Å². The molecule has 6 heteroatoms. The number of ether oxygens (including phenoxy) is 2. The smallest absolute Gasteiger partial charge is 0.123 e. The molecule has 0 atom stereocenters. The van der Waals surface area contributed by atoms with Crippen LogP contribution in [0.4, 0.5) is 0 Å². The van der Waals surface area contributed by atoms with Crippen molar-refractivity contribution in [2.45, 2.75) is 32.2 Å². The Morgan fingerprint density at radius 1 is 1.16 bits per heavy atom. The third-order valence-electron chi connectivity index (χ3n) is 6.72. The van der Waals surface area contributed by atoms with Gasteiger partial charge < -0.3 is 14.0 Å². The molecule has 0 saturated carbocycles. The van der Waals surface area contributed by atoms with Crippen LogP contribution in [0.15, 0.2) is 42.5 Å². The maximum atomic E-state index is 6.36. The molecule has 2 aliphatic rings. The molecule has 3 heterocycles. The van der Waals surface area contributed by atoms with Gasteiger partial charge in [0.1, 0.15) is 11.6 Å². The summed E-state index contributed by atoms with van der Waals surface area (Å²) >= 11 is 6.36. The standard InChI is InChI=1S/C25H30ClN3O2/c1-25(15-30-16-25)17-31-23-8-7-19(26)13-20(23)18-9-11-29(12-10-18)14-24-27-21-5-3-4-6-22(21)28(24)2/h3-8,13,18H,9-12,14-17H2,1-2H3. The summed E-state index contributed by atoms with van der Waals surface area (Å²) in [7, 11) is 2.11. The molecule has 31 heavy (non-hydrogen) atoms. The van der Waals surface area contributed by atoms with Gasteiger partial charge in [-0.1, -0.05) is 30.7 Å². The van der Waals surface area contributed by atoms with Gasteiger partial charge in [-0.25, -0.2) is 4.98 Å². The molecular weight excluding hydrogens is 410 g/mol. The number of aryl methyl sites for hydroxylation is 1. The van der Waals surface area contributed by atoms with Gasteiger partial charge in [-0.05, 0) is 67.7 Å². The molecule has 0 radical (unpaired) electrons. The summed E-state index contributed by atoms with van der Waals surface area (Å²) in [5.41, 5.74) is 3.64. The summed E-state index contributed by atoms with van der Waals surface area (Å²) in [5, 5.41) is 0.780. The third-order valence-corrected chi connectivity index (χ3v) is 6.96. The fraction of sp³-hybridized carbons (Fsp3) is 0.480. The number of fused-ring (bicyclic) bond motifs is 1. The molecule has 0 amide bonds. The Morgan fingerprint density at radius 2 is 1.94 bits per heavy atom. The van der Waals surface area contributed by atoms with E-state index >= 15 is 0 Å². The van der Waals surface area contributed by atoms with Crippen molar-refractivity contribution in [1.82, 2.24) is 14.5 Å². The Balaban J connectivity index is 1.24. The quantitative estimate of drug-likeness (QED) is 0.540. The molecule has 2 fully saturated rings. The average Bonchev–Trinajstić information content (AvgIpc) is 3.07. The lowest BCUT2D eigenvalue weighted by atomic mass is 9.88. The van der Waals surface area contributed by atoms with Gasteiger partial charge in [0.25, 0.3) is 0 Å². The van der Waals surface area contributed by atoms with E-state index in [9.17, 15) is 0 Å². The number of rotatable bonds is 6. The van der Waals surface area contributed by atoms with Crippen molar-refractivity contribution in [3.05, 3.63) is 58.9 Å². The number of piperidine rings is 1. The molecule has 0 unspecified atom stereocenters. The molecule has 3 aromatic rings. The number of hydrogen-bond donors (Lipinski definition) is 0. The normalized spacial score (nSPS) is 19.5. The predicted octanol–water partition coefficient (Wildman–Crippen LogP) is 5.02. The first-order chi connectivity index (χ1) is 15.0. The van der Waals surface area contributed by atoms with Crippen LogP contribution in [0.3, 0.4) is 0 Å². The first kappa shape index (κ1) is 20.8. The summed E-state index contributed by atoms with van der Waals surface area (Å²) < 4.78 is 13.8. The van der Waals surface area contributed by atoms with Gasteiger partial charge in [0.2, 0.25) is 0 Å². The van der Waals surface area contributed by atoms with E-state index in [2.05, 4.69) is 47.7 Å². The van der Waals surface area contributed by atoms with E-state index in [4.69, 9.17) is 26.1 Å². The highest BCUT2D eigenvalue weighted by molar-refractivity contribution is 6.30. The van der Waals surface area contributed by atoms with E-state index in [1.165, 1.54) is 11.1 Å². The van der Waals surface area contributed by atoms with Gasteiger partial charge in [-0.2, -0.15) is 0 Å². The van der Waals surface area contributed by atoms with Gasteiger partial charge in [-0.3, -0.25) is 4.90 Å². The predicted molar refractivity (Wildman–Crippen MR) is 124 cm³/mol. The number of hydrogen-bond acceptors (Lipinski definition) is 4. The maximum Gasteiger partial charge on any atom is 0.123 e. The summed E-state index contributed by atoms with van der Waals surface area (Å²) in [6, 6.07) is 14.4. The van der Waals surface area contributed by atoms with Gasteiger partial charge in [0, 0.05) is 17.5 Å². The molecule has 0 spiro atoms. The Labute approximate surface area is 188 Å². The van der Waals surface area contributed by atoms with Gasteiger partial charge in [-0.15, -0.1) is 0 Å². The highest BCUT2D eigenvalue weighted by Gasteiger charge is 2.35. The van der Waals surface area contributed by atoms with Crippen LogP contribution in [-0.2, 0) is 18.3 Å². The summed E-state index contributed by atoms with van der Waals surface area (Å²) in [4.78, 5) is 7.35.